The van der Waals surface area contributed by atoms with E-state index in [1.54, 1.807) is 32.3 Å². The number of halogens is 5. The van der Waals surface area contributed by atoms with E-state index in [1.807, 2.05) is 19.9 Å². The molecule has 2 aliphatic heterocycles. The summed E-state index contributed by atoms with van der Waals surface area (Å²) in [6, 6.07) is 4.47. The van der Waals surface area contributed by atoms with E-state index < -0.39 is 52.9 Å². The number of guanidine groups is 1. The van der Waals surface area contributed by atoms with Crippen LogP contribution in [-0.4, -0.2) is 56.0 Å². The van der Waals surface area contributed by atoms with Crippen LogP contribution in [0.1, 0.15) is 70.2 Å². The van der Waals surface area contributed by atoms with Crippen LogP contribution < -0.4 is 15.8 Å². The van der Waals surface area contributed by atoms with Crippen LogP contribution in [-0.2, 0) is 14.4 Å². The van der Waals surface area contributed by atoms with Gasteiger partial charge in [0.15, 0.2) is 17.5 Å². The summed E-state index contributed by atoms with van der Waals surface area (Å²) in [6.45, 7) is 7.28. The summed E-state index contributed by atoms with van der Waals surface area (Å²) in [7, 11) is 0. The number of hydrogen-bond acceptors (Lipinski definition) is 7. The number of nitrogens with zero attached hydrogens (tertiary/aromatic N) is 3. The van der Waals surface area contributed by atoms with E-state index >= 15 is 0 Å². The van der Waals surface area contributed by atoms with Gasteiger partial charge in [0, 0.05) is 36.4 Å². The number of rotatable bonds is 5. The first-order valence-corrected chi connectivity index (χ1v) is 13.7. The van der Waals surface area contributed by atoms with E-state index in [2.05, 4.69) is 15.3 Å². The second kappa shape index (κ2) is 11.7. The Hall–Kier alpha value is -4.30. The molecule has 0 radical (unpaired) electrons. The summed E-state index contributed by atoms with van der Waals surface area (Å²) < 4.78 is 66.0. The molecule has 1 saturated carbocycles. The maximum atomic E-state index is 14.5. The molecule has 0 bridgehead atoms. The topological polar surface area (TPSA) is 147 Å². The van der Waals surface area contributed by atoms with Gasteiger partial charge in [0.05, 0.1) is 24.0 Å². The predicted molar refractivity (Wildman–Crippen MR) is 146 cm³/mol. The number of hydrogen-bond donors (Lipinski definition) is 3. The molecule has 1 fully saturated rings. The highest BCUT2D eigenvalue weighted by Gasteiger charge is 2.53. The molecule has 2 aromatic rings. The number of nitrogens with one attached hydrogen (secondary N) is 1. The number of nitrogens with two attached hydrogens (primary N) is 1. The Balaban J connectivity index is 0.000000566. The first-order valence-electron chi connectivity index (χ1n) is 13.7. The van der Waals surface area contributed by atoms with E-state index in [9.17, 15) is 31.5 Å². The fourth-order valence-corrected chi connectivity index (χ4v) is 5.56. The van der Waals surface area contributed by atoms with Crippen LogP contribution in [0.5, 0.6) is 5.75 Å². The predicted octanol–water partition coefficient (Wildman–Crippen LogP) is 4.41. The van der Waals surface area contributed by atoms with Gasteiger partial charge in [-0.15, -0.1) is 0 Å². The lowest BCUT2D eigenvalue weighted by Gasteiger charge is -2.38. The minimum absolute atomic E-state index is 0.0472. The number of carboxylic acid groups (broad SMARTS) is 1. The molecule has 4 N–H and O–H groups in total. The second-order valence-electron chi connectivity index (χ2n) is 12.2. The van der Waals surface area contributed by atoms with Gasteiger partial charge in [0.1, 0.15) is 11.4 Å². The van der Waals surface area contributed by atoms with E-state index in [0.717, 1.165) is 11.6 Å². The average Bonchev–Trinajstić information content (AvgIpc) is 3.67. The maximum Gasteiger partial charge on any atom is 0.490 e. The van der Waals surface area contributed by atoms with Crippen molar-refractivity contribution in [3.8, 4) is 5.75 Å². The lowest BCUT2D eigenvalue weighted by molar-refractivity contribution is -0.192. The summed E-state index contributed by atoms with van der Waals surface area (Å²) in [4.78, 5) is 45.7. The van der Waals surface area contributed by atoms with Crippen LogP contribution in [0.4, 0.5) is 22.0 Å². The Morgan fingerprint density at radius 1 is 1.20 bits per heavy atom. The van der Waals surface area contributed by atoms with Crippen molar-refractivity contribution < 1.29 is 46.2 Å². The lowest BCUT2D eigenvalue weighted by atomic mass is 9.89. The molecule has 1 unspecified atom stereocenters. The van der Waals surface area contributed by atoms with Crippen molar-refractivity contribution in [1.29, 1.82) is 0 Å². The molecule has 1 aromatic carbocycles. The fourth-order valence-electron chi connectivity index (χ4n) is 5.56. The van der Waals surface area contributed by atoms with Gasteiger partial charge in [-0.1, -0.05) is 6.07 Å². The van der Waals surface area contributed by atoms with E-state index in [0.29, 0.717) is 12.8 Å². The molecular weight excluding hydrogens is 593 g/mol. The molecule has 3 heterocycles. The zero-order valence-corrected chi connectivity index (χ0v) is 24.3. The molecule has 44 heavy (non-hydrogen) atoms. The van der Waals surface area contributed by atoms with Crippen molar-refractivity contribution in [2.45, 2.75) is 76.4 Å². The zero-order chi connectivity index (χ0) is 32.8. The monoisotopic (exact) mass is 625 g/mol. The summed E-state index contributed by atoms with van der Waals surface area (Å²) in [5, 5.41) is 10.1. The van der Waals surface area contributed by atoms with Gasteiger partial charge >= 0.3 is 12.1 Å². The standard InChI is InChI=1S/C27H31F2N5O3.C2HF3O2/c1-26(2)12-21(35)34(25(30)33-26)22(14-6-5-7-31-13-14)16-10-17(16)24(36)32-20-11-27(3,4)37-23-18(20)8-15(28)9-19(23)29;3-2(4,5)1(6)7/h5-9,13,16-17,20,22H,10-12H2,1-4H3,(H2,30,33)(H,32,36);(H,6,7)/t16-,17-,20?,22+;/m1./s1. The van der Waals surface area contributed by atoms with Gasteiger partial charge in [-0.2, -0.15) is 13.2 Å². The summed E-state index contributed by atoms with van der Waals surface area (Å²) in [5.74, 6) is -5.28. The van der Waals surface area contributed by atoms with E-state index in [4.69, 9.17) is 20.4 Å². The number of benzene rings is 1. The van der Waals surface area contributed by atoms with E-state index in [1.165, 1.54) is 11.0 Å². The van der Waals surface area contributed by atoms with Gasteiger partial charge < -0.3 is 20.9 Å². The van der Waals surface area contributed by atoms with Crippen molar-refractivity contribution in [2.75, 3.05) is 0 Å². The van der Waals surface area contributed by atoms with E-state index in [-0.39, 0.29) is 41.4 Å². The van der Waals surface area contributed by atoms with Gasteiger partial charge in [-0.25, -0.2) is 18.6 Å². The highest BCUT2D eigenvalue weighted by atomic mass is 19.4. The number of fused-ring (bicyclic) bond motifs is 1. The molecule has 15 heteroatoms. The van der Waals surface area contributed by atoms with Crippen molar-refractivity contribution in [1.82, 2.24) is 15.2 Å². The smallest absolute Gasteiger partial charge is 0.484 e. The summed E-state index contributed by atoms with van der Waals surface area (Å²) in [6.07, 6.45) is -0.723. The Labute approximate surface area is 249 Å². The molecular formula is C29H32F5N5O5. The summed E-state index contributed by atoms with van der Waals surface area (Å²) in [5.41, 5.74) is 5.95. The number of carbonyl (C=O) groups is 3. The van der Waals surface area contributed by atoms with Gasteiger partial charge in [-0.05, 0) is 57.7 Å². The minimum Gasteiger partial charge on any atom is -0.484 e. The van der Waals surface area contributed by atoms with Gasteiger partial charge in [-0.3, -0.25) is 19.5 Å². The highest BCUT2D eigenvalue weighted by Crippen LogP contribution is 2.51. The summed E-state index contributed by atoms with van der Waals surface area (Å²) >= 11 is 0. The van der Waals surface area contributed by atoms with Crippen molar-refractivity contribution in [2.24, 2.45) is 22.6 Å². The number of carbonyl (C=O) groups excluding carboxylic acids is 2. The first kappa shape index (κ1) is 32.6. The zero-order valence-electron chi connectivity index (χ0n) is 24.3. The molecule has 2 amide bonds. The van der Waals surface area contributed by atoms with Crippen LogP contribution >= 0.6 is 0 Å². The van der Waals surface area contributed by atoms with Crippen molar-refractivity contribution in [3.05, 3.63) is 59.4 Å². The number of alkyl halides is 3. The fraction of sp³-hybridized carbons (Fsp3) is 0.483. The molecule has 4 atom stereocenters. The highest BCUT2D eigenvalue weighted by molar-refractivity contribution is 5.99. The number of aromatic nitrogens is 1. The largest absolute Gasteiger partial charge is 0.490 e. The molecule has 3 aliphatic rings. The average molecular weight is 626 g/mol. The number of aliphatic carboxylic acids is 1. The number of aliphatic imine (C=N–C) groups is 1. The Bertz CT molecular complexity index is 1480. The normalized spacial score (nSPS) is 24.0. The van der Waals surface area contributed by atoms with Crippen LogP contribution in [0.3, 0.4) is 0 Å². The van der Waals surface area contributed by atoms with Gasteiger partial charge in [0.25, 0.3) is 0 Å². The molecule has 1 aliphatic carbocycles. The lowest BCUT2D eigenvalue weighted by Crippen LogP contribution is -2.52. The van der Waals surface area contributed by atoms with Gasteiger partial charge in [0.2, 0.25) is 11.8 Å². The number of amides is 2. The van der Waals surface area contributed by atoms with Crippen LogP contribution in [0.2, 0.25) is 0 Å². The number of carboxylic acids is 1. The third-order valence-electron chi connectivity index (χ3n) is 7.45. The molecule has 10 nitrogen and oxygen atoms in total. The quantitative estimate of drug-likeness (QED) is 0.417. The molecule has 5 rings (SSSR count). The van der Waals surface area contributed by atoms with Crippen LogP contribution in [0, 0.1) is 23.5 Å². The maximum absolute atomic E-state index is 14.5. The molecule has 238 valence electrons. The molecule has 0 spiro atoms. The number of pyridine rings is 1. The molecule has 0 saturated heterocycles. The van der Waals surface area contributed by atoms with Crippen molar-refractivity contribution >= 4 is 23.7 Å². The van der Waals surface area contributed by atoms with Crippen molar-refractivity contribution in [3.63, 3.8) is 0 Å². The minimum atomic E-state index is -5.08. The first-order chi connectivity index (χ1) is 20.3. The molecule has 1 aromatic heterocycles. The second-order valence-corrected chi connectivity index (χ2v) is 12.2. The van der Waals surface area contributed by atoms with Crippen LogP contribution in [0.15, 0.2) is 41.7 Å². The Kier molecular flexibility index (Phi) is 8.64. The Morgan fingerprint density at radius 2 is 1.86 bits per heavy atom. The SMILES string of the molecule is CC1(C)CC(=O)N([C@@H](c2cccnc2)[C@@H]2C[C@H]2C(=O)NC2CC(C)(C)Oc3c(F)cc(F)cc32)C(N)=N1.O=C(O)C(F)(F)F. The Morgan fingerprint density at radius 3 is 2.43 bits per heavy atom. The van der Waals surface area contributed by atoms with Crippen LogP contribution in [0.25, 0.3) is 0 Å². The third kappa shape index (κ3) is 7.25. The number of ether oxygens (including phenoxy) is 1. The third-order valence-corrected chi connectivity index (χ3v) is 7.45.